The summed E-state index contributed by atoms with van der Waals surface area (Å²) >= 11 is 0. The van der Waals surface area contributed by atoms with E-state index in [4.69, 9.17) is 5.11 Å². The molecule has 0 saturated carbocycles. The first-order chi connectivity index (χ1) is 9.31. The largest absolute Gasteiger partial charge is 0.391 e. The quantitative estimate of drug-likeness (QED) is 0.335. The highest BCUT2D eigenvalue weighted by atomic mass is 32.2. The van der Waals surface area contributed by atoms with Crippen molar-refractivity contribution in [1.29, 1.82) is 0 Å². The summed E-state index contributed by atoms with van der Waals surface area (Å²) in [4.78, 5) is 0. The number of hydrogen-bond acceptors (Lipinski definition) is 1. The van der Waals surface area contributed by atoms with E-state index in [1.807, 2.05) is 0 Å². The van der Waals surface area contributed by atoms with E-state index in [-0.39, 0.29) is 0 Å². The summed E-state index contributed by atoms with van der Waals surface area (Å²) in [5, 5.41) is 8.83. The van der Waals surface area contributed by atoms with Crippen molar-refractivity contribution < 1.29 is 5.11 Å². The van der Waals surface area contributed by atoms with Gasteiger partial charge in [0.1, 0.15) is 11.5 Å². The van der Waals surface area contributed by atoms with Gasteiger partial charge >= 0.3 is 0 Å². The van der Waals surface area contributed by atoms with Crippen molar-refractivity contribution in [2.75, 3.05) is 24.4 Å². The van der Waals surface area contributed by atoms with E-state index in [9.17, 15) is 0 Å². The molecule has 1 nitrogen and oxygen atoms in total. The van der Waals surface area contributed by atoms with Crippen LogP contribution in [-0.4, -0.2) is 29.5 Å². The summed E-state index contributed by atoms with van der Waals surface area (Å²) in [5.41, 5.74) is 0. The number of rotatable bonds is 15. The normalized spacial score (nSPS) is 12.8. The molecule has 0 aromatic rings. The monoisotopic (exact) mass is 289 g/mol. The Morgan fingerprint density at radius 3 is 1.47 bits per heavy atom. The first kappa shape index (κ1) is 19.3. The zero-order valence-corrected chi connectivity index (χ0v) is 14.3. The van der Waals surface area contributed by atoms with E-state index >= 15 is 0 Å². The zero-order chi connectivity index (χ0) is 14.2. The van der Waals surface area contributed by atoms with Gasteiger partial charge in [0, 0.05) is 0 Å². The maximum atomic E-state index is 8.83. The average Bonchev–Trinajstić information content (AvgIpc) is 2.40. The van der Waals surface area contributed by atoms with Gasteiger partial charge in [0.2, 0.25) is 0 Å². The summed E-state index contributed by atoms with van der Waals surface area (Å²) in [6.45, 7) is 2.66. The van der Waals surface area contributed by atoms with Gasteiger partial charge in [-0.1, -0.05) is 71.1 Å². The molecule has 0 aromatic heterocycles. The fourth-order valence-corrected chi connectivity index (χ4v) is 3.66. The summed E-state index contributed by atoms with van der Waals surface area (Å²) < 4.78 is 0. The molecule has 1 unspecified atom stereocenters. The molecule has 1 N–H and O–H groups in total. The molecule has 0 aliphatic carbocycles. The van der Waals surface area contributed by atoms with Gasteiger partial charge in [-0.15, -0.1) is 0 Å². The predicted octanol–water partition coefficient (Wildman–Crippen LogP) is 4.93. The Morgan fingerprint density at radius 1 is 0.632 bits per heavy atom. The van der Waals surface area contributed by atoms with Crippen molar-refractivity contribution in [3.05, 3.63) is 0 Å². The highest BCUT2D eigenvalue weighted by Gasteiger charge is 2.08. The molecule has 116 valence electrons. The lowest BCUT2D eigenvalue weighted by atomic mass is 10.1. The van der Waals surface area contributed by atoms with Crippen molar-refractivity contribution in [1.82, 2.24) is 0 Å². The van der Waals surface area contributed by atoms with E-state index in [0.29, 0.717) is 17.5 Å². The van der Waals surface area contributed by atoms with Gasteiger partial charge < -0.3 is 5.11 Å². The Bertz CT molecular complexity index is 161. The molecule has 0 spiro atoms. The molecular weight excluding hydrogens is 252 g/mol. The molecule has 0 fully saturated rings. The van der Waals surface area contributed by atoms with Crippen LogP contribution < -0.4 is 0 Å². The van der Waals surface area contributed by atoms with Crippen LogP contribution in [0.5, 0.6) is 0 Å². The highest BCUT2D eigenvalue weighted by molar-refractivity contribution is 7.96. The summed E-state index contributed by atoms with van der Waals surface area (Å²) in [5.74, 6) is 2.34. The Labute approximate surface area is 124 Å². The molecule has 0 radical (unpaired) electrons. The molecule has 0 aromatic carbocycles. The van der Waals surface area contributed by atoms with Gasteiger partial charge in [0.05, 0.1) is 12.9 Å². The van der Waals surface area contributed by atoms with Gasteiger partial charge in [-0.25, -0.2) is 0 Å². The predicted molar refractivity (Wildman–Crippen MR) is 91.2 cm³/mol. The molecule has 0 aliphatic heterocycles. The smallest absolute Gasteiger partial charge is 0.130 e. The van der Waals surface area contributed by atoms with Crippen LogP contribution in [0.4, 0.5) is 0 Å². The van der Waals surface area contributed by atoms with Crippen LogP contribution in [0, 0.1) is 0 Å². The molecule has 0 rings (SSSR count). The zero-order valence-electron chi connectivity index (χ0n) is 13.5. The Hall–Kier alpha value is 0.310. The van der Waals surface area contributed by atoms with E-state index in [2.05, 4.69) is 13.2 Å². The molecule has 1 atom stereocenters. The lowest BCUT2D eigenvalue weighted by Gasteiger charge is -2.03. The lowest BCUT2D eigenvalue weighted by Crippen LogP contribution is -2.12. The summed E-state index contributed by atoms with van der Waals surface area (Å²) in [6, 6.07) is 0. The van der Waals surface area contributed by atoms with Crippen molar-refractivity contribution in [2.24, 2.45) is 0 Å². The minimum atomic E-state index is 0.373. The number of unbranched alkanes of at least 4 members (excludes halogenated alkanes) is 11. The molecule has 0 aliphatic rings. The van der Waals surface area contributed by atoms with Crippen LogP contribution in [-0.2, 0) is 10.9 Å². The number of aliphatic hydroxyl groups is 1. The maximum absolute atomic E-state index is 8.83. The van der Waals surface area contributed by atoms with Gasteiger partial charge in [-0.3, -0.25) is 0 Å². The second kappa shape index (κ2) is 16.4. The molecule has 0 saturated heterocycles. The molecule has 19 heavy (non-hydrogen) atoms. The summed E-state index contributed by atoms with van der Waals surface area (Å²) in [7, 11) is 0.465. The van der Waals surface area contributed by atoms with Gasteiger partial charge in [-0.2, -0.15) is 0 Å². The van der Waals surface area contributed by atoms with Crippen LogP contribution in [0.15, 0.2) is 0 Å². The topological polar surface area (TPSA) is 20.2 Å². The van der Waals surface area contributed by atoms with Gasteiger partial charge in [-0.05, 0) is 23.7 Å². The Balaban J connectivity index is 2.99. The molecule has 0 amide bonds. The molecular formula is C17H37OS+. The van der Waals surface area contributed by atoms with Crippen molar-refractivity contribution in [2.45, 2.75) is 84.0 Å². The average molecular weight is 290 g/mol. The summed E-state index contributed by atoms with van der Waals surface area (Å²) in [6.07, 6.45) is 19.4. The second-order valence-electron chi connectivity index (χ2n) is 5.80. The Kier molecular flexibility index (Phi) is 16.6. The van der Waals surface area contributed by atoms with E-state index < -0.39 is 0 Å². The minimum Gasteiger partial charge on any atom is -0.391 e. The van der Waals surface area contributed by atoms with Crippen LogP contribution in [0.2, 0.25) is 0 Å². The van der Waals surface area contributed by atoms with Crippen LogP contribution in [0.25, 0.3) is 0 Å². The SMILES string of the molecule is CCCCCCCCCCCCCC[S+](C)CCO. The number of hydrogen-bond donors (Lipinski definition) is 1. The minimum absolute atomic E-state index is 0.373. The van der Waals surface area contributed by atoms with Crippen LogP contribution in [0.3, 0.4) is 0 Å². The standard InChI is InChI=1S/C17H37OS/c1-3-4-5-6-7-8-9-10-11-12-13-14-16-19(2)17-15-18/h18H,3-17H2,1-2H3/q+1. The third-order valence-corrected chi connectivity index (χ3v) is 5.65. The van der Waals surface area contributed by atoms with E-state index in [0.717, 1.165) is 5.75 Å². The first-order valence-corrected chi connectivity index (χ1v) is 10.5. The van der Waals surface area contributed by atoms with E-state index in [1.165, 1.54) is 82.8 Å². The molecule has 2 heteroatoms. The molecule has 0 heterocycles. The third-order valence-electron chi connectivity index (χ3n) is 3.79. The third kappa shape index (κ3) is 16.3. The highest BCUT2D eigenvalue weighted by Crippen LogP contribution is 2.12. The van der Waals surface area contributed by atoms with Crippen molar-refractivity contribution in [3.8, 4) is 0 Å². The lowest BCUT2D eigenvalue weighted by molar-refractivity contribution is 0.322. The fourth-order valence-electron chi connectivity index (χ4n) is 2.45. The van der Waals surface area contributed by atoms with Crippen molar-refractivity contribution >= 4 is 10.9 Å². The van der Waals surface area contributed by atoms with Crippen LogP contribution in [0.1, 0.15) is 84.0 Å². The first-order valence-electron chi connectivity index (χ1n) is 8.51. The fraction of sp³-hybridized carbons (Fsp3) is 1.00. The van der Waals surface area contributed by atoms with Gasteiger partial charge in [0.15, 0.2) is 0 Å². The number of aliphatic hydroxyl groups excluding tert-OH is 1. The Morgan fingerprint density at radius 2 is 1.05 bits per heavy atom. The van der Waals surface area contributed by atoms with Crippen molar-refractivity contribution in [3.63, 3.8) is 0 Å². The van der Waals surface area contributed by atoms with Gasteiger partial charge in [0.25, 0.3) is 0 Å². The second-order valence-corrected chi connectivity index (χ2v) is 8.18. The maximum Gasteiger partial charge on any atom is 0.130 e. The van der Waals surface area contributed by atoms with E-state index in [1.54, 1.807) is 0 Å². The van der Waals surface area contributed by atoms with Crippen LogP contribution >= 0.6 is 0 Å². The molecule has 0 bridgehead atoms.